The van der Waals surface area contributed by atoms with Gasteiger partial charge in [-0.2, -0.15) is 0 Å². The monoisotopic (exact) mass is 279 g/mol. The molecule has 1 unspecified atom stereocenters. The van der Waals surface area contributed by atoms with E-state index in [0.717, 1.165) is 15.2 Å². The lowest BCUT2D eigenvalue weighted by molar-refractivity contribution is 0.177. The molecule has 0 radical (unpaired) electrons. The van der Waals surface area contributed by atoms with E-state index in [9.17, 15) is 5.11 Å². The summed E-state index contributed by atoms with van der Waals surface area (Å²) in [7, 11) is 0. The van der Waals surface area contributed by atoms with Crippen molar-refractivity contribution >= 4 is 33.2 Å². The van der Waals surface area contributed by atoms with Crippen LogP contribution in [-0.2, 0) is 6.42 Å². The number of nitrogens with zero attached hydrogens (tertiary/aromatic N) is 1. The molecule has 92 valence electrons. The molecule has 5 heteroatoms. The molecular formula is C13H10ClNO2S. The van der Waals surface area contributed by atoms with E-state index in [-0.39, 0.29) is 5.22 Å². The van der Waals surface area contributed by atoms with Crippen LogP contribution >= 0.6 is 22.9 Å². The second-order valence-electron chi connectivity index (χ2n) is 3.94. The lowest BCUT2D eigenvalue weighted by Gasteiger charge is -2.05. The average molecular weight is 280 g/mol. The molecule has 1 aromatic carbocycles. The van der Waals surface area contributed by atoms with E-state index in [4.69, 9.17) is 16.0 Å². The number of aliphatic hydroxyl groups excluding tert-OH is 1. The fraction of sp³-hybridized carbons (Fsp3) is 0.154. The lowest BCUT2D eigenvalue weighted by atomic mass is 10.1. The number of fused-ring (bicyclic) bond motifs is 1. The van der Waals surface area contributed by atoms with E-state index < -0.39 is 6.10 Å². The summed E-state index contributed by atoms with van der Waals surface area (Å²) in [6, 6.07) is 9.60. The molecule has 0 saturated heterocycles. The SMILES string of the molecule is OC(Cc1nc2ccccc2s1)c1ccoc1Cl. The van der Waals surface area contributed by atoms with Crippen molar-refractivity contribution in [3.8, 4) is 0 Å². The van der Waals surface area contributed by atoms with Gasteiger partial charge in [0.2, 0.25) is 0 Å². The number of hydrogen-bond donors (Lipinski definition) is 1. The molecule has 0 aliphatic rings. The van der Waals surface area contributed by atoms with Gasteiger partial charge >= 0.3 is 0 Å². The number of halogens is 1. The molecule has 0 aliphatic heterocycles. The molecule has 0 spiro atoms. The first-order chi connectivity index (χ1) is 8.74. The first-order valence-electron chi connectivity index (χ1n) is 5.49. The molecule has 1 N–H and O–H groups in total. The third-order valence-corrected chi connectivity index (χ3v) is 4.08. The zero-order valence-corrected chi connectivity index (χ0v) is 10.9. The molecule has 3 rings (SSSR count). The van der Waals surface area contributed by atoms with Crippen molar-refractivity contribution in [3.05, 3.63) is 52.4 Å². The average Bonchev–Trinajstić information content (AvgIpc) is 2.94. The maximum Gasteiger partial charge on any atom is 0.198 e. The molecule has 3 aromatic rings. The van der Waals surface area contributed by atoms with E-state index in [1.165, 1.54) is 6.26 Å². The van der Waals surface area contributed by atoms with E-state index in [1.807, 2.05) is 24.3 Å². The Bertz CT molecular complexity index is 643. The smallest absolute Gasteiger partial charge is 0.198 e. The number of para-hydroxylation sites is 1. The molecule has 0 bridgehead atoms. The summed E-state index contributed by atoms with van der Waals surface area (Å²) in [5.41, 5.74) is 1.57. The Balaban J connectivity index is 1.86. The number of hydrogen-bond acceptors (Lipinski definition) is 4. The molecular weight excluding hydrogens is 270 g/mol. The predicted octanol–water partition coefficient (Wildman–Crippen LogP) is 3.82. The molecule has 0 aliphatic carbocycles. The van der Waals surface area contributed by atoms with Crippen molar-refractivity contribution < 1.29 is 9.52 Å². The number of rotatable bonds is 3. The third kappa shape index (κ3) is 2.14. The molecule has 0 amide bonds. The van der Waals surface area contributed by atoms with Gasteiger partial charge in [0.1, 0.15) is 0 Å². The lowest BCUT2D eigenvalue weighted by Crippen LogP contribution is -2.00. The Labute approximate surface area is 113 Å². The zero-order valence-electron chi connectivity index (χ0n) is 9.34. The van der Waals surface area contributed by atoms with Crippen molar-refractivity contribution in [2.24, 2.45) is 0 Å². The molecule has 1 atom stereocenters. The number of furan rings is 1. The minimum Gasteiger partial charge on any atom is -0.453 e. The van der Waals surface area contributed by atoms with Gasteiger partial charge in [-0.1, -0.05) is 12.1 Å². The maximum absolute atomic E-state index is 10.1. The van der Waals surface area contributed by atoms with Gasteiger partial charge in [0.15, 0.2) is 5.22 Å². The summed E-state index contributed by atoms with van der Waals surface area (Å²) in [6.07, 6.45) is 1.23. The van der Waals surface area contributed by atoms with Crippen LogP contribution in [0.25, 0.3) is 10.2 Å². The topological polar surface area (TPSA) is 46.3 Å². The largest absolute Gasteiger partial charge is 0.453 e. The fourth-order valence-electron chi connectivity index (χ4n) is 1.83. The highest BCUT2D eigenvalue weighted by Gasteiger charge is 2.16. The quantitative estimate of drug-likeness (QED) is 0.793. The van der Waals surface area contributed by atoms with Crippen LogP contribution in [0, 0.1) is 0 Å². The van der Waals surface area contributed by atoms with Crippen LogP contribution in [0.5, 0.6) is 0 Å². The van der Waals surface area contributed by atoms with Crippen molar-refractivity contribution in [2.45, 2.75) is 12.5 Å². The summed E-state index contributed by atoms with van der Waals surface area (Å²) >= 11 is 7.42. The van der Waals surface area contributed by atoms with Crippen molar-refractivity contribution in [3.63, 3.8) is 0 Å². The van der Waals surface area contributed by atoms with Crippen LogP contribution < -0.4 is 0 Å². The van der Waals surface area contributed by atoms with Crippen LogP contribution in [0.2, 0.25) is 5.22 Å². The van der Waals surface area contributed by atoms with Gasteiger partial charge < -0.3 is 9.52 Å². The van der Waals surface area contributed by atoms with Crippen LogP contribution in [-0.4, -0.2) is 10.1 Å². The standard InChI is InChI=1S/C13H10ClNO2S/c14-13-8(5-6-17-13)10(16)7-12-15-9-3-1-2-4-11(9)18-12/h1-6,10,16H,7H2. The predicted molar refractivity (Wildman–Crippen MR) is 72.0 cm³/mol. The number of benzene rings is 1. The minimum atomic E-state index is -0.684. The van der Waals surface area contributed by atoms with Crippen LogP contribution in [0.15, 0.2) is 41.0 Å². The van der Waals surface area contributed by atoms with E-state index in [1.54, 1.807) is 17.4 Å². The Morgan fingerprint density at radius 1 is 1.33 bits per heavy atom. The van der Waals surface area contributed by atoms with Crippen molar-refractivity contribution in [1.29, 1.82) is 0 Å². The fourth-order valence-corrected chi connectivity index (χ4v) is 3.07. The minimum absolute atomic E-state index is 0.239. The van der Waals surface area contributed by atoms with Crippen LogP contribution in [0.1, 0.15) is 16.7 Å². The van der Waals surface area contributed by atoms with Crippen LogP contribution in [0.4, 0.5) is 0 Å². The van der Waals surface area contributed by atoms with Gasteiger partial charge in [0.25, 0.3) is 0 Å². The summed E-state index contributed by atoms with van der Waals surface area (Å²) in [5.74, 6) is 0. The molecule has 0 saturated carbocycles. The third-order valence-electron chi connectivity index (χ3n) is 2.71. The van der Waals surface area contributed by atoms with Gasteiger partial charge in [-0.05, 0) is 29.8 Å². The summed E-state index contributed by atoms with van der Waals surface area (Å²) in [5, 5.41) is 11.2. The van der Waals surface area contributed by atoms with Gasteiger partial charge in [0, 0.05) is 12.0 Å². The summed E-state index contributed by atoms with van der Waals surface area (Å²) in [4.78, 5) is 4.48. The Kier molecular flexibility index (Phi) is 3.07. The number of thiazole rings is 1. The first-order valence-corrected chi connectivity index (χ1v) is 6.69. The first kappa shape index (κ1) is 11.7. The van der Waals surface area contributed by atoms with Gasteiger partial charge in [-0.3, -0.25) is 0 Å². The highest BCUT2D eigenvalue weighted by Crippen LogP contribution is 2.29. The van der Waals surface area contributed by atoms with Crippen LogP contribution in [0.3, 0.4) is 0 Å². The molecule has 3 nitrogen and oxygen atoms in total. The van der Waals surface area contributed by atoms with Gasteiger partial charge in [-0.25, -0.2) is 4.98 Å². The van der Waals surface area contributed by atoms with E-state index in [0.29, 0.717) is 12.0 Å². The number of aromatic nitrogens is 1. The molecule has 0 fully saturated rings. The Morgan fingerprint density at radius 2 is 2.17 bits per heavy atom. The van der Waals surface area contributed by atoms with Gasteiger partial charge in [0.05, 0.1) is 27.6 Å². The second kappa shape index (κ2) is 4.72. The molecule has 2 aromatic heterocycles. The molecule has 18 heavy (non-hydrogen) atoms. The normalized spacial score (nSPS) is 13.0. The van der Waals surface area contributed by atoms with Crippen molar-refractivity contribution in [2.75, 3.05) is 0 Å². The highest BCUT2D eigenvalue weighted by atomic mass is 35.5. The van der Waals surface area contributed by atoms with Crippen molar-refractivity contribution in [1.82, 2.24) is 4.98 Å². The second-order valence-corrected chi connectivity index (χ2v) is 5.40. The Hall–Kier alpha value is -1.36. The number of aliphatic hydroxyl groups is 1. The van der Waals surface area contributed by atoms with Gasteiger partial charge in [-0.15, -0.1) is 11.3 Å². The summed E-state index contributed by atoms with van der Waals surface area (Å²) < 4.78 is 6.09. The Morgan fingerprint density at radius 3 is 2.89 bits per heavy atom. The zero-order chi connectivity index (χ0) is 12.5. The molecule has 2 heterocycles. The summed E-state index contributed by atoms with van der Waals surface area (Å²) in [6.45, 7) is 0. The highest BCUT2D eigenvalue weighted by molar-refractivity contribution is 7.18. The van der Waals surface area contributed by atoms with E-state index >= 15 is 0 Å². The maximum atomic E-state index is 10.1. The van der Waals surface area contributed by atoms with E-state index in [2.05, 4.69) is 4.98 Å².